The van der Waals surface area contributed by atoms with E-state index in [0.717, 1.165) is 6.42 Å². The van der Waals surface area contributed by atoms with E-state index in [4.69, 9.17) is 0 Å². The molecule has 0 saturated heterocycles. The predicted molar refractivity (Wildman–Crippen MR) is 49.8 cm³/mol. The zero-order valence-electron chi connectivity index (χ0n) is 7.24. The van der Waals surface area contributed by atoms with Crippen LogP contribution in [0.1, 0.15) is 33.1 Å². The van der Waals surface area contributed by atoms with Crippen molar-refractivity contribution in [3.63, 3.8) is 0 Å². The van der Waals surface area contributed by atoms with Crippen LogP contribution < -0.4 is 0 Å². The van der Waals surface area contributed by atoms with Gasteiger partial charge in [0, 0.05) is 5.33 Å². The van der Waals surface area contributed by atoms with E-state index in [1.54, 1.807) is 0 Å². The van der Waals surface area contributed by atoms with Gasteiger partial charge in [0.2, 0.25) is 0 Å². The SMILES string of the molecule is CC1(C)CC(C[C@H](F)CBr)C1. The molecule has 0 aromatic carbocycles. The lowest BCUT2D eigenvalue weighted by molar-refractivity contribution is 0.0720. The van der Waals surface area contributed by atoms with Crippen LogP contribution in [0.3, 0.4) is 0 Å². The molecule has 66 valence electrons. The van der Waals surface area contributed by atoms with Crippen molar-refractivity contribution in [2.24, 2.45) is 11.3 Å². The van der Waals surface area contributed by atoms with Crippen LogP contribution in [0.2, 0.25) is 0 Å². The van der Waals surface area contributed by atoms with Crippen molar-refractivity contribution in [1.82, 2.24) is 0 Å². The van der Waals surface area contributed by atoms with E-state index < -0.39 is 6.17 Å². The zero-order valence-corrected chi connectivity index (χ0v) is 8.83. The first-order valence-electron chi connectivity index (χ1n) is 4.23. The lowest BCUT2D eigenvalue weighted by atomic mass is 9.63. The molecule has 1 aliphatic carbocycles. The molecule has 0 aromatic rings. The summed E-state index contributed by atoms with van der Waals surface area (Å²) in [6.45, 7) is 4.51. The van der Waals surface area contributed by atoms with Gasteiger partial charge >= 0.3 is 0 Å². The van der Waals surface area contributed by atoms with Gasteiger partial charge in [-0.05, 0) is 30.6 Å². The van der Waals surface area contributed by atoms with Crippen molar-refractivity contribution in [3.05, 3.63) is 0 Å². The van der Waals surface area contributed by atoms with Crippen LogP contribution in [-0.2, 0) is 0 Å². The molecule has 2 heteroatoms. The van der Waals surface area contributed by atoms with Crippen molar-refractivity contribution in [2.45, 2.75) is 39.3 Å². The van der Waals surface area contributed by atoms with Crippen LogP contribution in [-0.4, -0.2) is 11.5 Å². The second kappa shape index (κ2) is 3.42. The van der Waals surface area contributed by atoms with E-state index in [2.05, 4.69) is 29.8 Å². The Kier molecular flexibility index (Phi) is 2.96. The average Bonchev–Trinajstić information content (AvgIpc) is 1.83. The molecular formula is C9H16BrF. The summed E-state index contributed by atoms with van der Waals surface area (Å²) in [5.41, 5.74) is 0.497. The highest BCUT2D eigenvalue weighted by Crippen LogP contribution is 2.46. The summed E-state index contributed by atoms with van der Waals surface area (Å²) >= 11 is 3.15. The highest BCUT2D eigenvalue weighted by atomic mass is 79.9. The van der Waals surface area contributed by atoms with Gasteiger partial charge in [-0.15, -0.1) is 0 Å². The second-order valence-electron chi connectivity index (χ2n) is 4.43. The first kappa shape index (κ1) is 9.50. The Morgan fingerprint density at radius 1 is 1.55 bits per heavy atom. The molecule has 1 fully saturated rings. The Labute approximate surface area is 76.7 Å². The van der Waals surface area contributed by atoms with Gasteiger partial charge in [0.15, 0.2) is 0 Å². The Balaban J connectivity index is 2.13. The highest BCUT2D eigenvalue weighted by Gasteiger charge is 2.36. The van der Waals surface area contributed by atoms with Gasteiger partial charge in [0.1, 0.15) is 6.17 Å². The predicted octanol–water partition coefficient (Wildman–Crippen LogP) is 3.55. The maximum Gasteiger partial charge on any atom is 0.110 e. The quantitative estimate of drug-likeness (QED) is 0.642. The molecule has 0 spiro atoms. The number of hydrogen-bond acceptors (Lipinski definition) is 0. The summed E-state index contributed by atoms with van der Waals surface area (Å²) in [5.74, 6) is 0.651. The average molecular weight is 223 g/mol. The van der Waals surface area contributed by atoms with Gasteiger partial charge in [0.25, 0.3) is 0 Å². The summed E-state index contributed by atoms with van der Waals surface area (Å²) in [7, 11) is 0. The molecule has 1 saturated carbocycles. The Morgan fingerprint density at radius 3 is 2.45 bits per heavy atom. The first-order valence-corrected chi connectivity index (χ1v) is 5.36. The molecule has 0 radical (unpaired) electrons. The zero-order chi connectivity index (χ0) is 8.48. The van der Waals surface area contributed by atoms with Crippen molar-refractivity contribution in [3.8, 4) is 0 Å². The maximum absolute atomic E-state index is 12.8. The van der Waals surface area contributed by atoms with Crippen LogP contribution >= 0.6 is 15.9 Å². The van der Waals surface area contributed by atoms with Crippen LogP contribution in [0, 0.1) is 11.3 Å². The second-order valence-corrected chi connectivity index (χ2v) is 5.07. The molecule has 1 atom stereocenters. The Hall–Kier alpha value is 0.410. The van der Waals surface area contributed by atoms with E-state index in [0.29, 0.717) is 16.7 Å². The molecule has 0 heterocycles. The van der Waals surface area contributed by atoms with Crippen LogP contribution in [0.25, 0.3) is 0 Å². The van der Waals surface area contributed by atoms with Gasteiger partial charge in [0.05, 0.1) is 0 Å². The monoisotopic (exact) mass is 222 g/mol. The number of rotatable bonds is 3. The van der Waals surface area contributed by atoms with Crippen LogP contribution in [0.5, 0.6) is 0 Å². The summed E-state index contributed by atoms with van der Waals surface area (Å²) < 4.78 is 12.8. The van der Waals surface area contributed by atoms with E-state index in [1.165, 1.54) is 12.8 Å². The minimum absolute atomic E-state index is 0.497. The number of halogens is 2. The molecule has 0 nitrogen and oxygen atoms in total. The van der Waals surface area contributed by atoms with Crippen molar-refractivity contribution in [2.75, 3.05) is 5.33 Å². The largest absolute Gasteiger partial charge is 0.247 e. The molecule has 1 rings (SSSR count). The van der Waals surface area contributed by atoms with E-state index in [1.807, 2.05) is 0 Å². The standard InChI is InChI=1S/C9H16BrF/c1-9(2)4-7(5-9)3-8(11)6-10/h7-8H,3-6H2,1-2H3/t8-/m0/s1. The van der Waals surface area contributed by atoms with Gasteiger partial charge in [-0.25, -0.2) is 4.39 Å². The first-order chi connectivity index (χ1) is 5.03. The summed E-state index contributed by atoms with van der Waals surface area (Å²) in [4.78, 5) is 0. The molecule has 1 aliphatic rings. The molecule has 11 heavy (non-hydrogen) atoms. The third-order valence-corrected chi connectivity index (χ3v) is 3.14. The lowest BCUT2D eigenvalue weighted by Crippen LogP contribution is -2.33. The molecule has 0 aliphatic heterocycles. The van der Waals surface area contributed by atoms with Gasteiger partial charge < -0.3 is 0 Å². The van der Waals surface area contributed by atoms with Crippen LogP contribution in [0.15, 0.2) is 0 Å². The lowest BCUT2D eigenvalue weighted by Gasteiger charge is -2.43. The Morgan fingerprint density at radius 2 is 2.09 bits per heavy atom. The van der Waals surface area contributed by atoms with Gasteiger partial charge in [-0.2, -0.15) is 0 Å². The van der Waals surface area contributed by atoms with E-state index in [9.17, 15) is 4.39 Å². The Bertz CT molecular complexity index is 126. The summed E-state index contributed by atoms with van der Waals surface area (Å²) in [5, 5.41) is 0.504. The van der Waals surface area contributed by atoms with Crippen molar-refractivity contribution >= 4 is 15.9 Å². The number of hydrogen-bond donors (Lipinski definition) is 0. The molecule has 0 N–H and O–H groups in total. The molecule has 0 unspecified atom stereocenters. The normalized spacial score (nSPS) is 26.2. The summed E-state index contributed by atoms with van der Waals surface area (Å²) in [6, 6.07) is 0. The highest BCUT2D eigenvalue weighted by molar-refractivity contribution is 9.09. The maximum atomic E-state index is 12.8. The smallest absolute Gasteiger partial charge is 0.110 e. The minimum atomic E-state index is -0.629. The fraction of sp³-hybridized carbons (Fsp3) is 1.00. The number of alkyl halides is 2. The third-order valence-electron chi connectivity index (χ3n) is 2.44. The summed E-state index contributed by atoms with van der Waals surface area (Å²) in [6.07, 6.45) is 2.55. The van der Waals surface area contributed by atoms with Gasteiger partial charge in [-0.3, -0.25) is 0 Å². The molecule has 0 aromatic heterocycles. The van der Waals surface area contributed by atoms with E-state index >= 15 is 0 Å². The topological polar surface area (TPSA) is 0 Å². The van der Waals surface area contributed by atoms with Crippen LogP contribution in [0.4, 0.5) is 4.39 Å². The van der Waals surface area contributed by atoms with Crippen molar-refractivity contribution < 1.29 is 4.39 Å². The van der Waals surface area contributed by atoms with E-state index in [-0.39, 0.29) is 0 Å². The third kappa shape index (κ3) is 2.73. The molecule has 0 amide bonds. The minimum Gasteiger partial charge on any atom is -0.247 e. The fourth-order valence-electron chi connectivity index (χ4n) is 2.09. The molecular weight excluding hydrogens is 207 g/mol. The fourth-order valence-corrected chi connectivity index (χ4v) is 2.36. The van der Waals surface area contributed by atoms with Crippen molar-refractivity contribution in [1.29, 1.82) is 0 Å². The van der Waals surface area contributed by atoms with Gasteiger partial charge in [-0.1, -0.05) is 29.8 Å². The molecule has 0 bridgehead atoms.